The third-order valence-electron chi connectivity index (χ3n) is 3.42. The van der Waals surface area contributed by atoms with Crippen LogP contribution < -0.4 is 4.74 Å². The van der Waals surface area contributed by atoms with Crippen LogP contribution in [0.4, 0.5) is 0 Å². The van der Waals surface area contributed by atoms with E-state index in [0.29, 0.717) is 19.7 Å². The van der Waals surface area contributed by atoms with E-state index < -0.39 is 0 Å². The number of carbonyl (C=O) groups excluding carboxylic acids is 1. The Hall–Kier alpha value is -1.92. The van der Waals surface area contributed by atoms with Crippen molar-refractivity contribution < 1.29 is 14.3 Å². The Morgan fingerprint density at radius 3 is 2.92 bits per heavy atom. The predicted molar refractivity (Wildman–Crippen MR) is 95.2 cm³/mol. The molecule has 0 aliphatic heterocycles. The third kappa shape index (κ3) is 5.62. The lowest BCUT2D eigenvalue weighted by atomic mass is 10.2. The molecule has 0 atom stereocenters. The van der Waals surface area contributed by atoms with Crippen LogP contribution in [0, 0.1) is 6.92 Å². The first-order valence-electron chi connectivity index (χ1n) is 8.01. The third-order valence-corrected chi connectivity index (χ3v) is 4.29. The van der Waals surface area contributed by atoms with Gasteiger partial charge in [-0.05, 0) is 31.0 Å². The highest BCUT2D eigenvalue weighted by Crippen LogP contribution is 2.17. The topological polar surface area (TPSA) is 51.7 Å². The van der Waals surface area contributed by atoms with Gasteiger partial charge in [0.2, 0.25) is 5.91 Å². The molecule has 1 aromatic heterocycles. The number of ether oxygens (including phenoxy) is 2. The Kier molecular flexibility index (Phi) is 7.21. The Morgan fingerprint density at radius 2 is 2.21 bits per heavy atom. The smallest absolute Gasteiger partial charge is 0.248 e. The van der Waals surface area contributed by atoms with Crippen molar-refractivity contribution in [2.24, 2.45) is 0 Å². The molecular formula is C18H24N2O3S. The summed E-state index contributed by atoms with van der Waals surface area (Å²) in [5, 5.41) is 2.89. The van der Waals surface area contributed by atoms with Crippen LogP contribution in [-0.4, -0.2) is 36.1 Å². The first kappa shape index (κ1) is 18.4. The van der Waals surface area contributed by atoms with Crippen molar-refractivity contribution in [1.82, 2.24) is 9.88 Å². The zero-order valence-corrected chi connectivity index (χ0v) is 15.3. The summed E-state index contributed by atoms with van der Waals surface area (Å²) in [6.07, 6.45) is 0.906. The molecule has 1 amide bonds. The van der Waals surface area contributed by atoms with E-state index in [2.05, 4.69) is 11.9 Å². The second-order valence-corrected chi connectivity index (χ2v) is 6.53. The van der Waals surface area contributed by atoms with Crippen LogP contribution in [-0.2, 0) is 22.7 Å². The molecule has 0 bridgehead atoms. The fourth-order valence-electron chi connectivity index (χ4n) is 2.31. The number of carbonyl (C=O) groups is 1. The minimum atomic E-state index is -0.00934. The molecule has 0 N–H and O–H groups in total. The lowest BCUT2D eigenvalue weighted by molar-refractivity contribution is -0.135. The monoisotopic (exact) mass is 348 g/mol. The molecule has 2 rings (SSSR count). The molecule has 2 aromatic rings. The van der Waals surface area contributed by atoms with Crippen LogP contribution in [0.3, 0.4) is 0 Å². The van der Waals surface area contributed by atoms with Gasteiger partial charge in [0, 0.05) is 19.0 Å². The molecule has 6 heteroatoms. The number of hydrogen-bond acceptors (Lipinski definition) is 5. The zero-order chi connectivity index (χ0) is 17.4. The van der Waals surface area contributed by atoms with Gasteiger partial charge < -0.3 is 14.4 Å². The molecule has 0 saturated carbocycles. The number of hydrogen-bond donors (Lipinski definition) is 0. The van der Waals surface area contributed by atoms with Gasteiger partial charge in [-0.15, -0.1) is 11.3 Å². The fraction of sp³-hybridized carbons (Fsp3) is 0.444. The van der Waals surface area contributed by atoms with Crippen LogP contribution in [0.25, 0.3) is 0 Å². The highest BCUT2D eigenvalue weighted by atomic mass is 32.1. The maximum absolute atomic E-state index is 12.0. The van der Waals surface area contributed by atoms with Gasteiger partial charge in [0.1, 0.15) is 24.0 Å². The summed E-state index contributed by atoms with van der Waals surface area (Å²) in [6, 6.07) is 7.95. The number of methoxy groups -OCH3 is 1. The molecule has 0 fully saturated rings. The van der Waals surface area contributed by atoms with E-state index >= 15 is 0 Å². The number of aromatic nitrogens is 1. The van der Waals surface area contributed by atoms with E-state index in [1.165, 1.54) is 12.7 Å². The number of benzene rings is 1. The summed E-state index contributed by atoms with van der Waals surface area (Å²) in [5.41, 5.74) is 2.06. The molecule has 0 unspecified atom stereocenters. The number of nitrogens with zero attached hydrogens (tertiary/aromatic N) is 2. The second-order valence-electron chi connectivity index (χ2n) is 5.59. The van der Waals surface area contributed by atoms with Crippen LogP contribution in [0.15, 0.2) is 29.6 Å². The molecule has 0 spiro atoms. The largest absolute Gasteiger partial charge is 0.486 e. The van der Waals surface area contributed by atoms with Gasteiger partial charge in [-0.1, -0.05) is 19.1 Å². The lowest BCUT2D eigenvalue weighted by Gasteiger charge is -2.20. The normalized spacial score (nSPS) is 10.6. The van der Waals surface area contributed by atoms with Gasteiger partial charge >= 0.3 is 0 Å². The van der Waals surface area contributed by atoms with Gasteiger partial charge in [-0.3, -0.25) is 4.79 Å². The van der Waals surface area contributed by atoms with Gasteiger partial charge in [-0.25, -0.2) is 4.98 Å². The van der Waals surface area contributed by atoms with E-state index in [0.717, 1.165) is 22.9 Å². The highest BCUT2D eigenvalue weighted by molar-refractivity contribution is 7.09. The summed E-state index contributed by atoms with van der Waals surface area (Å²) >= 11 is 1.55. The zero-order valence-electron chi connectivity index (χ0n) is 14.4. The minimum absolute atomic E-state index is 0.00934. The molecule has 0 radical (unpaired) electrons. The van der Waals surface area contributed by atoms with Crippen LogP contribution in [0.5, 0.6) is 5.75 Å². The molecule has 130 valence electrons. The fourth-order valence-corrected chi connectivity index (χ4v) is 3.01. The number of aryl methyl sites for hydroxylation is 1. The van der Waals surface area contributed by atoms with Gasteiger partial charge in [-0.2, -0.15) is 0 Å². The van der Waals surface area contributed by atoms with Gasteiger partial charge in [0.05, 0.1) is 12.2 Å². The van der Waals surface area contributed by atoms with Gasteiger partial charge in [0.25, 0.3) is 0 Å². The predicted octanol–water partition coefficient (Wildman–Crippen LogP) is 3.42. The summed E-state index contributed by atoms with van der Waals surface area (Å²) < 4.78 is 10.7. The molecule has 1 heterocycles. The molecule has 5 nitrogen and oxygen atoms in total. The molecular weight excluding hydrogens is 324 g/mol. The second kappa shape index (κ2) is 9.39. The Morgan fingerprint density at radius 1 is 1.38 bits per heavy atom. The summed E-state index contributed by atoms with van der Waals surface area (Å²) in [6.45, 7) is 5.84. The average molecular weight is 348 g/mol. The first-order valence-corrected chi connectivity index (χ1v) is 8.89. The molecule has 0 saturated heterocycles. The number of thiazole rings is 1. The molecule has 0 aliphatic rings. The highest BCUT2D eigenvalue weighted by Gasteiger charge is 2.14. The summed E-state index contributed by atoms with van der Waals surface area (Å²) in [7, 11) is 1.53. The van der Waals surface area contributed by atoms with Crippen molar-refractivity contribution in [3.05, 3.63) is 45.9 Å². The standard InChI is InChI=1S/C18H24N2O3S/c1-4-8-20(18(21)12-22-3)10-15-13-24-17(19-15)11-23-16-7-5-6-14(2)9-16/h5-7,9,13H,4,8,10-12H2,1-3H3. The lowest BCUT2D eigenvalue weighted by Crippen LogP contribution is -2.34. The molecule has 24 heavy (non-hydrogen) atoms. The minimum Gasteiger partial charge on any atom is -0.486 e. The summed E-state index contributed by atoms with van der Waals surface area (Å²) in [5.74, 6) is 0.833. The van der Waals surface area contributed by atoms with Crippen molar-refractivity contribution in [1.29, 1.82) is 0 Å². The van der Waals surface area contributed by atoms with Crippen LogP contribution >= 0.6 is 11.3 Å². The van der Waals surface area contributed by atoms with E-state index in [-0.39, 0.29) is 12.5 Å². The number of rotatable bonds is 9. The van der Waals surface area contributed by atoms with Crippen molar-refractivity contribution in [3.8, 4) is 5.75 Å². The van der Waals surface area contributed by atoms with Crippen molar-refractivity contribution in [2.45, 2.75) is 33.4 Å². The molecule has 0 aliphatic carbocycles. The maximum Gasteiger partial charge on any atom is 0.248 e. The summed E-state index contributed by atoms with van der Waals surface area (Å²) in [4.78, 5) is 18.4. The SMILES string of the molecule is CCCN(Cc1csc(COc2cccc(C)c2)n1)C(=O)COC. The van der Waals surface area contributed by atoms with Crippen LogP contribution in [0.2, 0.25) is 0 Å². The van der Waals surface area contributed by atoms with E-state index in [1.807, 2.05) is 36.6 Å². The van der Waals surface area contributed by atoms with Crippen molar-refractivity contribution in [2.75, 3.05) is 20.3 Å². The maximum atomic E-state index is 12.0. The quantitative estimate of drug-likeness (QED) is 0.697. The van der Waals surface area contributed by atoms with E-state index in [1.54, 1.807) is 16.2 Å². The van der Waals surface area contributed by atoms with E-state index in [4.69, 9.17) is 9.47 Å². The van der Waals surface area contributed by atoms with Crippen molar-refractivity contribution in [3.63, 3.8) is 0 Å². The van der Waals surface area contributed by atoms with E-state index in [9.17, 15) is 4.79 Å². The Balaban J connectivity index is 1.92. The van der Waals surface area contributed by atoms with Crippen molar-refractivity contribution >= 4 is 17.2 Å². The van der Waals surface area contributed by atoms with Crippen LogP contribution in [0.1, 0.15) is 29.6 Å². The van der Waals surface area contributed by atoms with Gasteiger partial charge in [0.15, 0.2) is 0 Å². The Labute approximate surface area is 147 Å². The average Bonchev–Trinajstić information content (AvgIpc) is 3.00. The number of amides is 1. The first-order chi connectivity index (χ1) is 11.6. The molecule has 1 aromatic carbocycles. The Bertz CT molecular complexity index is 657.